The summed E-state index contributed by atoms with van der Waals surface area (Å²) in [5.41, 5.74) is 0.565. The van der Waals surface area contributed by atoms with Crippen molar-refractivity contribution in [3.8, 4) is 5.75 Å². The Morgan fingerprint density at radius 2 is 2.04 bits per heavy atom. The number of amides is 2. The van der Waals surface area contributed by atoms with Crippen LogP contribution >= 0.6 is 11.6 Å². The van der Waals surface area contributed by atoms with E-state index in [1.54, 1.807) is 18.2 Å². The minimum atomic E-state index is -0.226. The zero-order valence-corrected chi connectivity index (χ0v) is 16.5. The van der Waals surface area contributed by atoms with Crippen LogP contribution in [0, 0.1) is 0 Å². The van der Waals surface area contributed by atoms with Crippen molar-refractivity contribution >= 4 is 23.3 Å². The lowest BCUT2D eigenvalue weighted by molar-refractivity contribution is 0.110. The molecular weight excluding hydrogens is 354 g/mol. The Hall–Kier alpha value is -1.50. The maximum atomic E-state index is 12.4. The number of nitrogens with zero attached hydrogens (tertiary/aromatic N) is 1. The molecule has 0 radical (unpaired) electrons. The van der Waals surface area contributed by atoms with Gasteiger partial charge in [-0.2, -0.15) is 0 Å². The van der Waals surface area contributed by atoms with E-state index >= 15 is 0 Å². The quantitative estimate of drug-likeness (QED) is 0.637. The molecule has 2 rings (SSSR count). The molecule has 146 valence electrons. The van der Waals surface area contributed by atoms with Gasteiger partial charge in [-0.3, -0.25) is 0 Å². The second kappa shape index (κ2) is 11.3. The Bertz CT molecular complexity index is 563. The van der Waals surface area contributed by atoms with Crippen molar-refractivity contribution in [2.45, 2.75) is 39.2 Å². The van der Waals surface area contributed by atoms with Crippen LogP contribution in [0.2, 0.25) is 5.02 Å². The molecule has 1 aromatic rings. The van der Waals surface area contributed by atoms with E-state index in [-0.39, 0.29) is 12.1 Å². The molecule has 2 N–H and O–H groups in total. The van der Waals surface area contributed by atoms with E-state index in [0.29, 0.717) is 36.3 Å². The van der Waals surface area contributed by atoms with Gasteiger partial charge in [0.15, 0.2) is 5.75 Å². The number of ether oxygens (including phenoxy) is 2. The molecule has 0 aliphatic carbocycles. The van der Waals surface area contributed by atoms with Crippen molar-refractivity contribution in [1.82, 2.24) is 10.2 Å². The van der Waals surface area contributed by atoms with Crippen LogP contribution in [0.3, 0.4) is 0 Å². The predicted molar refractivity (Wildman–Crippen MR) is 105 cm³/mol. The minimum absolute atomic E-state index is 0.199. The monoisotopic (exact) mass is 383 g/mol. The van der Waals surface area contributed by atoms with Crippen LogP contribution in [0.15, 0.2) is 18.2 Å². The third-order valence-corrected chi connectivity index (χ3v) is 4.65. The number of anilines is 1. The highest BCUT2D eigenvalue weighted by Gasteiger charge is 2.20. The maximum Gasteiger partial charge on any atom is 0.319 e. The standard InChI is InChI=1S/C19H30ClN3O3/c1-3-10-23-11-8-15(9-12-23)21-19(24)22-17-7-5-6-16(20)18(17)26-14-13-25-4-2/h5-7,15H,3-4,8-14H2,1-2H3,(H2,21,22,24). The van der Waals surface area contributed by atoms with Crippen molar-refractivity contribution in [2.75, 3.05) is 44.8 Å². The lowest BCUT2D eigenvalue weighted by Crippen LogP contribution is -2.46. The maximum absolute atomic E-state index is 12.4. The fourth-order valence-electron chi connectivity index (χ4n) is 3.06. The number of carbonyl (C=O) groups is 1. The van der Waals surface area contributed by atoms with Gasteiger partial charge in [0.2, 0.25) is 0 Å². The van der Waals surface area contributed by atoms with Gasteiger partial charge in [-0.25, -0.2) is 4.79 Å². The second-order valence-corrected chi connectivity index (χ2v) is 6.78. The lowest BCUT2D eigenvalue weighted by atomic mass is 10.1. The Morgan fingerprint density at radius 1 is 1.27 bits per heavy atom. The summed E-state index contributed by atoms with van der Waals surface area (Å²) in [5.74, 6) is 0.474. The Labute approximate surface area is 161 Å². The zero-order chi connectivity index (χ0) is 18.8. The van der Waals surface area contributed by atoms with Crippen LogP contribution in [-0.4, -0.2) is 56.4 Å². The highest BCUT2D eigenvalue weighted by Crippen LogP contribution is 2.32. The van der Waals surface area contributed by atoms with Crippen molar-refractivity contribution in [2.24, 2.45) is 0 Å². The highest BCUT2D eigenvalue weighted by atomic mass is 35.5. The fourth-order valence-corrected chi connectivity index (χ4v) is 3.29. The number of halogens is 1. The molecule has 0 unspecified atom stereocenters. The first-order valence-electron chi connectivity index (χ1n) is 9.43. The van der Waals surface area contributed by atoms with Gasteiger partial charge in [0, 0.05) is 25.7 Å². The molecular formula is C19H30ClN3O3. The Kier molecular flexibility index (Phi) is 9.01. The molecule has 1 saturated heterocycles. The summed E-state index contributed by atoms with van der Waals surface area (Å²) in [6, 6.07) is 5.28. The second-order valence-electron chi connectivity index (χ2n) is 6.38. The van der Waals surface area contributed by atoms with E-state index in [1.807, 2.05) is 6.92 Å². The number of rotatable bonds is 9. The van der Waals surface area contributed by atoms with Crippen LogP contribution in [0.4, 0.5) is 10.5 Å². The van der Waals surface area contributed by atoms with Gasteiger partial charge in [-0.15, -0.1) is 0 Å². The van der Waals surface area contributed by atoms with Crippen molar-refractivity contribution in [3.63, 3.8) is 0 Å². The van der Waals surface area contributed by atoms with Gasteiger partial charge in [0.25, 0.3) is 0 Å². The number of benzene rings is 1. The summed E-state index contributed by atoms with van der Waals surface area (Å²) >= 11 is 6.22. The molecule has 1 heterocycles. The van der Waals surface area contributed by atoms with E-state index in [9.17, 15) is 4.79 Å². The smallest absolute Gasteiger partial charge is 0.319 e. The van der Waals surface area contributed by atoms with Gasteiger partial charge >= 0.3 is 6.03 Å². The number of urea groups is 1. The molecule has 1 aliphatic heterocycles. The number of likely N-dealkylation sites (tertiary alicyclic amines) is 1. The molecule has 1 fully saturated rings. The molecule has 0 aromatic heterocycles. The molecule has 0 bridgehead atoms. The van der Waals surface area contributed by atoms with Crippen LogP contribution in [0.5, 0.6) is 5.75 Å². The van der Waals surface area contributed by atoms with Gasteiger partial charge in [0.05, 0.1) is 17.3 Å². The highest BCUT2D eigenvalue weighted by molar-refractivity contribution is 6.32. The molecule has 26 heavy (non-hydrogen) atoms. The summed E-state index contributed by atoms with van der Waals surface area (Å²) in [4.78, 5) is 14.8. The van der Waals surface area contributed by atoms with E-state index in [1.165, 1.54) is 6.42 Å². The molecule has 0 atom stereocenters. The first-order valence-corrected chi connectivity index (χ1v) is 9.80. The normalized spacial score (nSPS) is 15.7. The Morgan fingerprint density at radius 3 is 2.73 bits per heavy atom. The lowest BCUT2D eigenvalue weighted by Gasteiger charge is -2.32. The minimum Gasteiger partial charge on any atom is -0.487 e. The molecule has 1 aromatic carbocycles. The summed E-state index contributed by atoms with van der Waals surface area (Å²) in [6.07, 6.45) is 3.11. The molecule has 6 nitrogen and oxygen atoms in total. The van der Waals surface area contributed by atoms with Crippen molar-refractivity contribution < 1.29 is 14.3 Å². The number of para-hydroxylation sites is 1. The van der Waals surface area contributed by atoms with Gasteiger partial charge in [-0.05, 0) is 44.9 Å². The SMILES string of the molecule is CCCN1CCC(NC(=O)Nc2cccc(Cl)c2OCCOCC)CC1. The fraction of sp³-hybridized carbons (Fsp3) is 0.632. The van der Waals surface area contributed by atoms with Crippen molar-refractivity contribution in [1.29, 1.82) is 0 Å². The number of piperidine rings is 1. The van der Waals surface area contributed by atoms with Crippen molar-refractivity contribution in [3.05, 3.63) is 23.2 Å². The van der Waals surface area contributed by atoms with E-state index in [4.69, 9.17) is 21.1 Å². The Balaban J connectivity index is 1.85. The number of carbonyl (C=O) groups excluding carboxylic acids is 1. The third kappa shape index (κ3) is 6.67. The van der Waals surface area contributed by atoms with Gasteiger partial charge in [0.1, 0.15) is 6.61 Å². The van der Waals surface area contributed by atoms with Gasteiger partial charge < -0.3 is 25.0 Å². The molecule has 7 heteroatoms. The number of nitrogens with one attached hydrogen (secondary N) is 2. The first-order chi connectivity index (χ1) is 12.6. The van der Waals surface area contributed by atoms with Gasteiger partial charge in [-0.1, -0.05) is 24.6 Å². The summed E-state index contributed by atoms with van der Waals surface area (Å²) < 4.78 is 11.0. The summed E-state index contributed by atoms with van der Waals surface area (Å²) in [6.45, 7) is 8.80. The first kappa shape index (κ1) is 20.8. The largest absolute Gasteiger partial charge is 0.487 e. The van der Waals surface area contributed by atoms with E-state index < -0.39 is 0 Å². The van der Waals surface area contributed by atoms with Crippen LogP contribution in [0.1, 0.15) is 33.1 Å². The average molecular weight is 384 g/mol. The van der Waals surface area contributed by atoms with E-state index in [2.05, 4.69) is 22.5 Å². The van der Waals surface area contributed by atoms with E-state index in [0.717, 1.165) is 32.5 Å². The number of hydrogen-bond acceptors (Lipinski definition) is 4. The zero-order valence-electron chi connectivity index (χ0n) is 15.7. The molecule has 0 saturated carbocycles. The third-order valence-electron chi connectivity index (χ3n) is 4.36. The van der Waals surface area contributed by atoms with Crippen LogP contribution in [0.25, 0.3) is 0 Å². The van der Waals surface area contributed by atoms with Crippen LogP contribution in [-0.2, 0) is 4.74 Å². The molecule has 1 aliphatic rings. The summed E-state index contributed by atoms with van der Waals surface area (Å²) in [5, 5.41) is 6.38. The number of hydrogen-bond donors (Lipinski definition) is 2. The van der Waals surface area contributed by atoms with Crippen LogP contribution < -0.4 is 15.4 Å². The molecule has 0 spiro atoms. The predicted octanol–water partition coefficient (Wildman–Crippen LogP) is 3.75. The summed E-state index contributed by atoms with van der Waals surface area (Å²) in [7, 11) is 0. The molecule has 2 amide bonds. The average Bonchev–Trinajstić information content (AvgIpc) is 2.62. The topological polar surface area (TPSA) is 62.8 Å².